The van der Waals surface area contributed by atoms with Gasteiger partial charge in [-0.3, -0.25) is 9.78 Å². The zero-order chi connectivity index (χ0) is 28.1. The second-order valence-electron chi connectivity index (χ2n) is 9.59. The lowest BCUT2D eigenvalue weighted by Gasteiger charge is -2.18. The number of nitrogens with one attached hydrogen (secondary N) is 1. The molecule has 1 aromatic heterocycles. The van der Waals surface area contributed by atoms with Gasteiger partial charge in [-0.15, -0.1) is 0 Å². The summed E-state index contributed by atoms with van der Waals surface area (Å²) in [6.07, 6.45) is 5.00. The molecule has 1 heterocycles. The molecule has 4 rings (SSSR count). The first-order valence-corrected chi connectivity index (χ1v) is 12.5. The standard InChI is InChI=1S/C30H32FN3O5/c1-18-23(11-20-12-26(37-4)29(27(13-20)38-5)39-30(36)34(2)3)22-9-8-21(31)14-25(22)24(18)15-28(35)33-17-19-7-6-10-32-16-19/h6-14,16,18,24H,15,17H2,1-5H3,(H,33,35)/b23-11-. The average Bonchev–Trinajstić information content (AvgIpc) is 3.17. The van der Waals surface area contributed by atoms with Gasteiger partial charge in [-0.25, -0.2) is 9.18 Å². The molecule has 2 atom stereocenters. The Morgan fingerprint density at radius 2 is 1.82 bits per heavy atom. The van der Waals surface area contributed by atoms with Gasteiger partial charge in [0.05, 0.1) is 14.2 Å². The molecule has 0 radical (unpaired) electrons. The van der Waals surface area contributed by atoms with Crippen LogP contribution in [0.3, 0.4) is 0 Å². The van der Waals surface area contributed by atoms with Gasteiger partial charge in [0.2, 0.25) is 11.7 Å². The summed E-state index contributed by atoms with van der Waals surface area (Å²) >= 11 is 0. The monoisotopic (exact) mass is 533 g/mol. The third kappa shape index (κ3) is 6.19. The molecule has 3 aromatic rings. The number of nitrogens with zero attached hydrogens (tertiary/aromatic N) is 2. The molecule has 2 aromatic carbocycles. The van der Waals surface area contributed by atoms with Gasteiger partial charge < -0.3 is 24.4 Å². The van der Waals surface area contributed by atoms with Crippen LogP contribution in [0.25, 0.3) is 11.6 Å². The third-order valence-corrected chi connectivity index (χ3v) is 6.80. The van der Waals surface area contributed by atoms with Crippen LogP contribution in [0.1, 0.15) is 41.5 Å². The van der Waals surface area contributed by atoms with Crippen molar-refractivity contribution in [2.75, 3.05) is 28.3 Å². The molecule has 1 aliphatic rings. The highest BCUT2D eigenvalue weighted by Gasteiger charge is 2.35. The van der Waals surface area contributed by atoms with Gasteiger partial charge in [0.1, 0.15) is 5.82 Å². The summed E-state index contributed by atoms with van der Waals surface area (Å²) in [6.45, 7) is 2.40. The zero-order valence-corrected chi connectivity index (χ0v) is 22.7. The van der Waals surface area contributed by atoms with E-state index in [0.717, 1.165) is 27.8 Å². The van der Waals surface area contributed by atoms with E-state index in [0.29, 0.717) is 18.0 Å². The predicted molar refractivity (Wildman–Crippen MR) is 146 cm³/mol. The number of rotatable bonds is 8. The minimum Gasteiger partial charge on any atom is -0.493 e. The quantitative estimate of drug-likeness (QED) is 0.424. The van der Waals surface area contributed by atoms with Crippen LogP contribution in [0, 0.1) is 11.7 Å². The molecule has 0 saturated carbocycles. The van der Waals surface area contributed by atoms with Gasteiger partial charge in [-0.2, -0.15) is 0 Å². The fraction of sp³-hybridized carbons (Fsp3) is 0.300. The molecule has 0 bridgehead atoms. The molecule has 9 heteroatoms. The van der Waals surface area contributed by atoms with Gasteiger partial charge in [-0.05, 0) is 70.0 Å². The summed E-state index contributed by atoms with van der Waals surface area (Å²) in [6, 6.07) is 11.9. The van der Waals surface area contributed by atoms with E-state index in [1.165, 1.54) is 31.3 Å². The molecular formula is C30H32FN3O5. The van der Waals surface area contributed by atoms with Crippen LogP contribution in [0.2, 0.25) is 0 Å². The first-order valence-electron chi connectivity index (χ1n) is 12.5. The highest BCUT2D eigenvalue weighted by molar-refractivity contribution is 5.90. The van der Waals surface area contributed by atoms with E-state index >= 15 is 0 Å². The lowest BCUT2D eigenvalue weighted by molar-refractivity contribution is -0.121. The lowest BCUT2D eigenvalue weighted by atomic mass is 9.88. The fourth-order valence-corrected chi connectivity index (χ4v) is 4.75. The van der Waals surface area contributed by atoms with Crippen molar-refractivity contribution in [3.8, 4) is 17.2 Å². The number of carbonyl (C=O) groups excluding carboxylic acids is 2. The first-order chi connectivity index (χ1) is 18.7. The zero-order valence-electron chi connectivity index (χ0n) is 22.7. The third-order valence-electron chi connectivity index (χ3n) is 6.80. The van der Waals surface area contributed by atoms with Crippen molar-refractivity contribution in [2.45, 2.75) is 25.8 Å². The van der Waals surface area contributed by atoms with Crippen LogP contribution in [0.15, 0.2) is 54.9 Å². The Kier molecular flexibility index (Phi) is 8.49. The SMILES string of the molecule is COc1cc(/C=C2\c3ccc(F)cc3C(CC(=O)NCc3cccnc3)C2C)cc(OC)c1OC(=O)N(C)C. The van der Waals surface area contributed by atoms with Gasteiger partial charge in [0.15, 0.2) is 11.5 Å². The Balaban J connectivity index is 1.64. The van der Waals surface area contributed by atoms with E-state index in [4.69, 9.17) is 14.2 Å². The summed E-state index contributed by atoms with van der Waals surface area (Å²) in [5.74, 6) is 0.0708. The maximum absolute atomic E-state index is 14.3. The van der Waals surface area contributed by atoms with Gasteiger partial charge in [0, 0.05) is 39.5 Å². The highest BCUT2D eigenvalue weighted by Crippen LogP contribution is 2.49. The number of allylic oxidation sites excluding steroid dienone is 1. The molecular weight excluding hydrogens is 501 g/mol. The van der Waals surface area contributed by atoms with Crippen LogP contribution in [-0.2, 0) is 11.3 Å². The molecule has 0 saturated heterocycles. The molecule has 0 aliphatic heterocycles. The average molecular weight is 534 g/mol. The lowest BCUT2D eigenvalue weighted by Crippen LogP contribution is -2.25. The number of amides is 2. The highest BCUT2D eigenvalue weighted by atomic mass is 19.1. The minimum atomic E-state index is -0.567. The topological polar surface area (TPSA) is 90.0 Å². The molecule has 2 unspecified atom stereocenters. The Hall–Kier alpha value is -4.40. The summed E-state index contributed by atoms with van der Waals surface area (Å²) in [4.78, 5) is 30.5. The number of hydrogen-bond donors (Lipinski definition) is 1. The molecule has 1 aliphatic carbocycles. The number of methoxy groups -OCH3 is 2. The number of benzene rings is 2. The molecule has 8 nitrogen and oxygen atoms in total. The fourth-order valence-electron chi connectivity index (χ4n) is 4.75. The molecule has 39 heavy (non-hydrogen) atoms. The van der Waals surface area contributed by atoms with Crippen molar-refractivity contribution in [1.82, 2.24) is 15.2 Å². The smallest absolute Gasteiger partial charge is 0.414 e. The van der Waals surface area contributed by atoms with Gasteiger partial charge >= 0.3 is 6.09 Å². The number of hydrogen-bond acceptors (Lipinski definition) is 6. The van der Waals surface area contributed by atoms with E-state index in [2.05, 4.69) is 10.3 Å². The number of pyridine rings is 1. The summed E-state index contributed by atoms with van der Waals surface area (Å²) < 4.78 is 30.8. The summed E-state index contributed by atoms with van der Waals surface area (Å²) in [5, 5.41) is 2.95. The second-order valence-corrected chi connectivity index (χ2v) is 9.59. The minimum absolute atomic E-state index is 0.0748. The summed E-state index contributed by atoms with van der Waals surface area (Å²) in [5.41, 5.74) is 4.28. The molecule has 0 fully saturated rings. The van der Waals surface area contributed by atoms with Crippen LogP contribution < -0.4 is 19.5 Å². The number of fused-ring (bicyclic) bond motifs is 1. The second kappa shape index (κ2) is 12.0. The van der Waals surface area contributed by atoms with E-state index < -0.39 is 6.09 Å². The number of halogens is 1. The van der Waals surface area contributed by atoms with Crippen molar-refractivity contribution in [2.24, 2.45) is 5.92 Å². The van der Waals surface area contributed by atoms with Crippen molar-refractivity contribution in [3.63, 3.8) is 0 Å². The van der Waals surface area contributed by atoms with Crippen molar-refractivity contribution in [3.05, 3.63) is 82.9 Å². The maximum Gasteiger partial charge on any atom is 0.414 e. The van der Waals surface area contributed by atoms with Gasteiger partial charge in [0.25, 0.3) is 0 Å². The van der Waals surface area contributed by atoms with E-state index in [1.807, 2.05) is 25.1 Å². The number of aromatic nitrogens is 1. The summed E-state index contributed by atoms with van der Waals surface area (Å²) in [7, 11) is 6.12. The van der Waals surface area contributed by atoms with Crippen molar-refractivity contribution in [1.29, 1.82) is 0 Å². The van der Waals surface area contributed by atoms with Crippen LogP contribution in [0.4, 0.5) is 9.18 Å². The molecule has 1 N–H and O–H groups in total. The predicted octanol–water partition coefficient (Wildman–Crippen LogP) is 5.28. The van der Waals surface area contributed by atoms with E-state index in [-0.39, 0.29) is 35.7 Å². The van der Waals surface area contributed by atoms with Crippen molar-refractivity contribution >= 4 is 23.6 Å². The Labute approximate surface area is 227 Å². The van der Waals surface area contributed by atoms with Crippen LogP contribution >= 0.6 is 0 Å². The first kappa shape index (κ1) is 27.6. The van der Waals surface area contributed by atoms with E-state index in [9.17, 15) is 14.0 Å². The van der Waals surface area contributed by atoms with Gasteiger partial charge in [-0.1, -0.05) is 25.1 Å². The number of carbonyl (C=O) groups is 2. The maximum atomic E-state index is 14.3. The molecule has 204 valence electrons. The normalized spacial score (nSPS) is 16.9. The Bertz CT molecular complexity index is 1370. The van der Waals surface area contributed by atoms with Crippen molar-refractivity contribution < 1.29 is 28.2 Å². The largest absolute Gasteiger partial charge is 0.493 e. The van der Waals surface area contributed by atoms with Crippen LogP contribution in [-0.4, -0.2) is 50.2 Å². The molecule has 2 amide bonds. The van der Waals surface area contributed by atoms with Crippen LogP contribution in [0.5, 0.6) is 17.2 Å². The molecule has 0 spiro atoms. The van der Waals surface area contributed by atoms with E-state index in [1.54, 1.807) is 44.7 Å². The Morgan fingerprint density at radius 3 is 2.44 bits per heavy atom. The number of ether oxygens (including phenoxy) is 3. The Morgan fingerprint density at radius 1 is 1.10 bits per heavy atom.